The van der Waals surface area contributed by atoms with Crippen molar-refractivity contribution in [1.82, 2.24) is 14.8 Å². The molecule has 1 saturated heterocycles. The van der Waals surface area contributed by atoms with Crippen LogP contribution in [0.5, 0.6) is 0 Å². The summed E-state index contributed by atoms with van der Waals surface area (Å²) in [5.74, 6) is -0.0532. The molecule has 1 aliphatic rings. The van der Waals surface area contributed by atoms with Crippen LogP contribution in [0, 0.1) is 0 Å². The number of nitrogens with one attached hydrogen (secondary N) is 1. The third-order valence-electron chi connectivity index (χ3n) is 4.16. The van der Waals surface area contributed by atoms with E-state index in [0.717, 1.165) is 31.4 Å². The summed E-state index contributed by atoms with van der Waals surface area (Å²) in [6, 6.07) is 10.1. The van der Waals surface area contributed by atoms with Gasteiger partial charge in [-0.15, -0.1) is 0 Å². The third kappa shape index (κ3) is 3.30. The Balaban J connectivity index is 1.47. The highest BCUT2D eigenvalue weighted by Gasteiger charge is 2.17. The van der Waals surface area contributed by atoms with Crippen molar-refractivity contribution in [3.05, 3.63) is 36.5 Å². The number of amides is 2. The molecule has 0 radical (unpaired) electrons. The van der Waals surface area contributed by atoms with Crippen molar-refractivity contribution >= 4 is 22.7 Å². The number of aromatic nitrogens is 1. The lowest BCUT2D eigenvalue weighted by molar-refractivity contribution is -0.132. The van der Waals surface area contributed by atoms with E-state index >= 15 is 0 Å². The molecule has 1 N–H and O–H groups in total. The summed E-state index contributed by atoms with van der Waals surface area (Å²) < 4.78 is 2.07. The van der Waals surface area contributed by atoms with E-state index in [1.165, 1.54) is 5.39 Å². The first-order chi connectivity index (χ1) is 10.7. The van der Waals surface area contributed by atoms with E-state index in [2.05, 4.69) is 16.0 Å². The van der Waals surface area contributed by atoms with Crippen LogP contribution in [-0.2, 0) is 16.1 Å². The van der Waals surface area contributed by atoms with Crippen LogP contribution in [0.2, 0.25) is 0 Å². The van der Waals surface area contributed by atoms with Gasteiger partial charge in [-0.1, -0.05) is 18.2 Å². The van der Waals surface area contributed by atoms with E-state index in [4.69, 9.17) is 0 Å². The van der Waals surface area contributed by atoms with Gasteiger partial charge in [0.2, 0.25) is 11.8 Å². The summed E-state index contributed by atoms with van der Waals surface area (Å²) in [5.41, 5.74) is 1.13. The minimum Gasteiger partial charge on any atom is -0.347 e. The summed E-state index contributed by atoms with van der Waals surface area (Å²) in [4.78, 5) is 25.6. The lowest BCUT2D eigenvalue weighted by Crippen LogP contribution is -2.38. The minimum atomic E-state index is -0.0784. The number of carbonyl (C=O) groups excluding carboxylic acids is 2. The molecule has 2 aromatic rings. The molecule has 5 nitrogen and oxygen atoms in total. The number of carbonyl (C=O) groups is 2. The Hall–Kier alpha value is -2.30. The lowest BCUT2D eigenvalue weighted by Gasteiger charge is -2.15. The van der Waals surface area contributed by atoms with Crippen LogP contribution in [0.3, 0.4) is 0 Å². The van der Waals surface area contributed by atoms with Crippen molar-refractivity contribution in [1.29, 1.82) is 0 Å². The predicted molar refractivity (Wildman–Crippen MR) is 85.4 cm³/mol. The number of hydrogen-bond donors (Lipinski definition) is 1. The van der Waals surface area contributed by atoms with Crippen molar-refractivity contribution in [3.8, 4) is 0 Å². The average Bonchev–Trinajstić information content (AvgIpc) is 3.20. The van der Waals surface area contributed by atoms with Gasteiger partial charge >= 0.3 is 0 Å². The fourth-order valence-electron chi connectivity index (χ4n) is 2.90. The number of benzene rings is 1. The highest BCUT2D eigenvalue weighted by atomic mass is 16.2. The molecule has 0 spiro atoms. The molecule has 2 amide bonds. The molecule has 0 atom stereocenters. The van der Waals surface area contributed by atoms with Crippen LogP contribution in [0.15, 0.2) is 36.5 Å². The fraction of sp³-hybridized carbons (Fsp3) is 0.412. The largest absolute Gasteiger partial charge is 0.347 e. The number of hydrogen-bond acceptors (Lipinski definition) is 2. The van der Waals surface area contributed by atoms with Gasteiger partial charge in [0.25, 0.3) is 0 Å². The minimum absolute atomic E-state index is 0.0252. The van der Waals surface area contributed by atoms with Gasteiger partial charge in [0.1, 0.15) is 0 Å². The topological polar surface area (TPSA) is 54.3 Å². The van der Waals surface area contributed by atoms with Crippen LogP contribution in [0.1, 0.15) is 19.3 Å². The highest BCUT2D eigenvalue weighted by Crippen LogP contribution is 2.15. The maximum atomic E-state index is 11.9. The average molecular weight is 299 g/mol. The van der Waals surface area contributed by atoms with Crippen LogP contribution in [0.25, 0.3) is 10.9 Å². The maximum Gasteiger partial charge on any atom is 0.241 e. The molecule has 0 unspecified atom stereocenters. The van der Waals surface area contributed by atoms with Gasteiger partial charge in [0, 0.05) is 37.8 Å². The molecule has 1 aromatic carbocycles. The normalized spacial score (nSPS) is 14.5. The first kappa shape index (κ1) is 14.6. The second-order valence-electron chi connectivity index (χ2n) is 5.68. The van der Waals surface area contributed by atoms with E-state index in [-0.39, 0.29) is 18.4 Å². The molecule has 0 aliphatic carbocycles. The quantitative estimate of drug-likeness (QED) is 0.915. The van der Waals surface area contributed by atoms with Gasteiger partial charge in [-0.25, -0.2) is 0 Å². The molecular formula is C17H21N3O2. The zero-order valence-electron chi connectivity index (χ0n) is 12.6. The van der Waals surface area contributed by atoms with Gasteiger partial charge in [0.15, 0.2) is 0 Å². The molecule has 1 aliphatic heterocycles. The Morgan fingerprint density at radius 2 is 1.86 bits per heavy atom. The van der Waals surface area contributed by atoms with Crippen molar-refractivity contribution in [2.24, 2.45) is 0 Å². The summed E-state index contributed by atoms with van der Waals surface area (Å²) in [7, 11) is 0. The Bertz CT molecular complexity index is 671. The van der Waals surface area contributed by atoms with Crippen molar-refractivity contribution in [2.45, 2.75) is 25.8 Å². The summed E-state index contributed by atoms with van der Waals surface area (Å²) in [5, 5.41) is 3.90. The molecule has 0 bridgehead atoms. The molecular weight excluding hydrogens is 278 g/mol. The molecule has 1 aromatic heterocycles. The molecule has 2 heterocycles. The second-order valence-corrected chi connectivity index (χ2v) is 5.68. The maximum absolute atomic E-state index is 11.9. The van der Waals surface area contributed by atoms with Gasteiger partial charge in [-0.3, -0.25) is 9.59 Å². The molecule has 22 heavy (non-hydrogen) atoms. The fourth-order valence-corrected chi connectivity index (χ4v) is 2.90. The summed E-state index contributed by atoms with van der Waals surface area (Å²) in [6.45, 7) is 2.39. The number of nitrogens with zero attached hydrogens (tertiary/aromatic N) is 2. The summed E-state index contributed by atoms with van der Waals surface area (Å²) in [6.07, 6.45) is 4.51. The highest BCUT2D eigenvalue weighted by molar-refractivity contribution is 5.85. The van der Waals surface area contributed by atoms with Crippen LogP contribution >= 0.6 is 0 Å². The number of para-hydroxylation sites is 1. The molecule has 116 valence electrons. The Morgan fingerprint density at radius 1 is 1.09 bits per heavy atom. The monoisotopic (exact) mass is 299 g/mol. The molecule has 3 rings (SSSR count). The van der Waals surface area contributed by atoms with Crippen molar-refractivity contribution in [3.63, 3.8) is 0 Å². The van der Waals surface area contributed by atoms with E-state index in [9.17, 15) is 9.59 Å². The first-order valence-corrected chi connectivity index (χ1v) is 7.82. The van der Waals surface area contributed by atoms with Crippen LogP contribution in [0.4, 0.5) is 0 Å². The van der Waals surface area contributed by atoms with E-state index in [0.29, 0.717) is 13.0 Å². The number of rotatable bonds is 5. The Kier molecular flexibility index (Phi) is 4.42. The molecule has 5 heteroatoms. The van der Waals surface area contributed by atoms with E-state index in [1.54, 1.807) is 0 Å². The van der Waals surface area contributed by atoms with Gasteiger partial charge in [0.05, 0.1) is 6.54 Å². The lowest BCUT2D eigenvalue weighted by atomic mass is 10.2. The standard InChI is InChI=1S/C17H21N3O2/c21-16(18-13-17(22)20-9-3-4-10-20)8-12-19-11-7-14-5-1-2-6-15(14)19/h1-2,5-7,11H,3-4,8-10,12-13H2,(H,18,21). The number of likely N-dealkylation sites (tertiary alicyclic amines) is 1. The smallest absolute Gasteiger partial charge is 0.241 e. The van der Waals surface area contributed by atoms with Gasteiger partial charge in [-0.2, -0.15) is 0 Å². The SMILES string of the molecule is O=C(CCn1ccc2ccccc21)NCC(=O)N1CCCC1. The van der Waals surface area contributed by atoms with Crippen molar-refractivity contribution < 1.29 is 9.59 Å². The summed E-state index contributed by atoms with van der Waals surface area (Å²) >= 11 is 0. The van der Waals surface area contributed by atoms with E-state index in [1.807, 2.05) is 35.4 Å². The number of aryl methyl sites for hydroxylation is 1. The number of fused-ring (bicyclic) bond motifs is 1. The zero-order chi connectivity index (χ0) is 15.4. The van der Waals surface area contributed by atoms with Crippen LogP contribution < -0.4 is 5.32 Å². The Morgan fingerprint density at radius 3 is 2.68 bits per heavy atom. The van der Waals surface area contributed by atoms with Crippen molar-refractivity contribution in [2.75, 3.05) is 19.6 Å². The zero-order valence-corrected chi connectivity index (χ0v) is 12.6. The van der Waals surface area contributed by atoms with Gasteiger partial charge in [-0.05, 0) is 30.4 Å². The molecule has 1 fully saturated rings. The third-order valence-corrected chi connectivity index (χ3v) is 4.16. The van der Waals surface area contributed by atoms with Gasteiger partial charge < -0.3 is 14.8 Å². The molecule has 0 saturated carbocycles. The predicted octanol–water partition coefficient (Wildman–Crippen LogP) is 1.77. The van der Waals surface area contributed by atoms with Crippen LogP contribution in [-0.4, -0.2) is 40.9 Å². The second kappa shape index (κ2) is 6.64. The Labute approximate surface area is 129 Å². The first-order valence-electron chi connectivity index (χ1n) is 7.82. The van der Waals surface area contributed by atoms with E-state index < -0.39 is 0 Å².